The topological polar surface area (TPSA) is 89.9 Å². The summed E-state index contributed by atoms with van der Waals surface area (Å²) in [4.78, 5) is 18.8. The van der Waals surface area contributed by atoms with Gasteiger partial charge >= 0.3 is 0 Å². The first kappa shape index (κ1) is 14.8. The molecule has 122 valence electrons. The van der Waals surface area contributed by atoms with E-state index in [-0.39, 0.29) is 11.9 Å². The highest BCUT2D eigenvalue weighted by Crippen LogP contribution is 2.22. The van der Waals surface area contributed by atoms with Crippen LogP contribution >= 0.6 is 0 Å². The second-order valence-corrected chi connectivity index (χ2v) is 6.09. The van der Waals surface area contributed by atoms with Crippen molar-refractivity contribution in [3.8, 4) is 5.69 Å². The molecule has 0 unspecified atom stereocenters. The fraction of sp³-hybridized carbons (Fsp3) is 0.294. The largest absolute Gasteiger partial charge is 0.336 e. The molecule has 1 aromatic carbocycles. The summed E-state index contributed by atoms with van der Waals surface area (Å²) in [7, 11) is 0. The van der Waals surface area contributed by atoms with Crippen molar-refractivity contribution in [2.75, 3.05) is 13.1 Å². The number of nitrogens with zero attached hydrogens (tertiary/aromatic N) is 5. The molecular formula is C17H18N6O. The van der Waals surface area contributed by atoms with Gasteiger partial charge in [0.1, 0.15) is 0 Å². The minimum atomic E-state index is -0.111. The zero-order valence-corrected chi connectivity index (χ0v) is 13.4. The van der Waals surface area contributed by atoms with Gasteiger partial charge in [-0.3, -0.25) is 9.78 Å². The van der Waals surface area contributed by atoms with Crippen LogP contribution in [0, 0.1) is 6.92 Å². The van der Waals surface area contributed by atoms with Gasteiger partial charge in [-0.1, -0.05) is 23.4 Å². The van der Waals surface area contributed by atoms with Gasteiger partial charge in [-0.05, 0) is 25.5 Å². The number of amides is 1. The van der Waals surface area contributed by atoms with Crippen LogP contribution < -0.4 is 5.73 Å². The van der Waals surface area contributed by atoms with Gasteiger partial charge in [0.15, 0.2) is 5.69 Å². The lowest BCUT2D eigenvalue weighted by Gasteiger charge is -2.14. The number of carbonyl (C=O) groups excluding carboxylic acids is 1. The first-order valence-electron chi connectivity index (χ1n) is 7.96. The third-order valence-corrected chi connectivity index (χ3v) is 4.45. The van der Waals surface area contributed by atoms with Crippen molar-refractivity contribution >= 4 is 16.8 Å². The standard InChI is InChI=1S/C17H18N6O/c1-11-15(17(24)22-9-7-13(18)10-22)20-21-23(11)14-6-2-4-12-5-3-8-19-16(12)14/h2-6,8,13H,7,9-10,18H2,1H3/t13-/m0/s1. The van der Waals surface area contributed by atoms with E-state index in [1.165, 1.54) is 0 Å². The molecule has 7 heteroatoms. The maximum atomic E-state index is 12.7. The molecule has 0 saturated carbocycles. The van der Waals surface area contributed by atoms with Gasteiger partial charge in [-0.25, -0.2) is 4.68 Å². The Morgan fingerprint density at radius 3 is 2.92 bits per heavy atom. The molecule has 1 aliphatic rings. The van der Waals surface area contributed by atoms with Crippen molar-refractivity contribution in [2.45, 2.75) is 19.4 Å². The number of hydrogen-bond acceptors (Lipinski definition) is 5. The van der Waals surface area contributed by atoms with E-state index >= 15 is 0 Å². The van der Waals surface area contributed by atoms with E-state index in [0.717, 1.165) is 23.0 Å². The van der Waals surface area contributed by atoms with Gasteiger partial charge in [-0.2, -0.15) is 0 Å². The SMILES string of the molecule is Cc1c(C(=O)N2CC[C@H](N)C2)nnn1-c1cccc2cccnc12. The highest BCUT2D eigenvalue weighted by atomic mass is 16.2. The predicted octanol–water partition coefficient (Wildman–Crippen LogP) is 1.30. The molecule has 0 aliphatic carbocycles. The number of aromatic nitrogens is 4. The molecule has 1 amide bonds. The maximum absolute atomic E-state index is 12.7. The number of rotatable bonds is 2. The number of carbonyl (C=O) groups is 1. The highest BCUT2D eigenvalue weighted by molar-refractivity contribution is 5.94. The number of para-hydroxylation sites is 1. The number of hydrogen-bond donors (Lipinski definition) is 1. The highest BCUT2D eigenvalue weighted by Gasteiger charge is 2.28. The van der Waals surface area contributed by atoms with Gasteiger partial charge in [-0.15, -0.1) is 5.10 Å². The summed E-state index contributed by atoms with van der Waals surface area (Å²) in [6.45, 7) is 3.09. The lowest BCUT2D eigenvalue weighted by atomic mass is 10.2. The van der Waals surface area contributed by atoms with Gasteiger partial charge in [0.25, 0.3) is 5.91 Å². The van der Waals surface area contributed by atoms with Crippen molar-refractivity contribution in [1.82, 2.24) is 24.9 Å². The first-order chi connectivity index (χ1) is 11.6. The molecule has 1 fully saturated rings. The van der Waals surface area contributed by atoms with Crippen LogP contribution in [-0.2, 0) is 0 Å². The van der Waals surface area contributed by atoms with E-state index in [1.54, 1.807) is 15.8 Å². The average Bonchev–Trinajstić information content (AvgIpc) is 3.20. The van der Waals surface area contributed by atoms with E-state index < -0.39 is 0 Å². The number of benzene rings is 1. The lowest BCUT2D eigenvalue weighted by Crippen LogP contribution is -2.32. The zero-order chi connectivity index (χ0) is 16.7. The lowest BCUT2D eigenvalue weighted by molar-refractivity contribution is 0.0784. The van der Waals surface area contributed by atoms with Crippen molar-refractivity contribution in [3.05, 3.63) is 47.9 Å². The van der Waals surface area contributed by atoms with Crippen LogP contribution in [0.25, 0.3) is 16.6 Å². The van der Waals surface area contributed by atoms with E-state index in [4.69, 9.17) is 5.73 Å². The van der Waals surface area contributed by atoms with Gasteiger partial charge in [0.2, 0.25) is 0 Å². The van der Waals surface area contributed by atoms with Crippen LogP contribution in [0.3, 0.4) is 0 Å². The Bertz CT molecular complexity index is 913. The van der Waals surface area contributed by atoms with Crippen LogP contribution in [0.4, 0.5) is 0 Å². The van der Waals surface area contributed by atoms with E-state index in [0.29, 0.717) is 24.5 Å². The number of nitrogens with two attached hydrogens (primary N) is 1. The van der Waals surface area contributed by atoms with Gasteiger partial charge in [0.05, 0.1) is 16.9 Å². The Kier molecular flexibility index (Phi) is 3.50. The van der Waals surface area contributed by atoms with Gasteiger partial charge in [0, 0.05) is 30.7 Å². The number of fused-ring (bicyclic) bond motifs is 1. The Morgan fingerprint density at radius 1 is 1.29 bits per heavy atom. The summed E-state index contributed by atoms with van der Waals surface area (Å²) in [5.74, 6) is -0.111. The Hall–Kier alpha value is -2.80. The average molecular weight is 322 g/mol. The summed E-state index contributed by atoms with van der Waals surface area (Å²) < 4.78 is 1.68. The minimum Gasteiger partial charge on any atom is -0.336 e. The molecule has 7 nitrogen and oxygen atoms in total. The molecule has 1 aliphatic heterocycles. The quantitative estimate of drug-likeness (QED) is 0.768. The molecule has 4 rings (SSSR count). The molecule has 0 spiro atoms. The van der Waals surface area contributed by atoms with Crippen LogP contribution in [-0.4, -0.2) is 49.9 Å². The van der Waals surface area contributed by atoms with Crippen LogP contribution in [0.15, 0.2) is 36.5 Å². The van der Waals surface area contributed by atoms with E-state index in [2.05, 4.69) is 15.3 Å². The van der Waals surface area contributed by atoms with Crippen LogP contribution in [0.1, 0.15) is 22.6 Å². The summed E-state index contributed by atoms with van der Waals surface area (Å²) >= 11 is 0. The van der Waals surface area contributed by atoms with Crippen molar-refractivity contribution < 1.29 is 4.79 Å². The molecule has 2 N–H and O–H groups in total. The fourth-order valence-electron chi connectivity index (χ4n) is 3.14. The third-order valence-electron chi connectivity index (χ3n) is 4.45. The molecule has 1 atom stereocenters. The predicted molar refractivity (Wildman–Crippen MR) is 89.9 cm³/mol. The van der Waals surface area contributed by atoms with Crippen molar-refractivity contribution in [1.29, 1.82) is 0 Å². The third kappa shape index (κ3) is 2.33. The first-order valence-corrected chi connectivity index (χ1v) is 7.96. The molecule has 0 bridgehead atoms. The van der Waals surface area contributed by atoms with Crippen molar-refractivity contribution in [3.63, 3.8) is 0 Å². The second kappa shape index (κ2) is 5.68. The second-order valence-electron chi connectivity index (χ2n) is 6.09. The zero-order valence-electron chi connectivity index (χ0n) is 13.4. The smallest absolute Gasteiger partial charge is 0.276 e. The molecule has 24 heavy (non-hydrogen) atoms. The Morgan fingerprint density at radius 2 is 2.12 bits per heavy atom. The van der Waals surface area contributed by atoms with Crippen LogP contribution in [0.2, 0.25) is 0 Å². The van der Waals surface area contributed by atoms with Crippen LogP contribution in [0.5, 0.6) is 0 Å². The normalized spacial score (nSPS) is 17.6. The summed E-state index contributed by atoms with van der Waals surface area (Å²) in [6, 6.07) is 9.81. The van der Waals surface area contributed by atoms with E-state index in [1.807, 2.05) is 37.3 Å². The summed E-state index contributed by atoms with van der Waals surface area (Å²) in [5.41, 5.74) is 8.62. The van der Waals surface area contributed by atoms with Crippen molar-refractivity contribution in [2.24, 2.45) is 5.73 Å². The molecular weight excluding hydrogens is 304 g/mol. The molecule has 2 aromatic heterocycles. The Labute approximate surface area is 139 Å². The summed E-state index contributed by atoms with van der Waals surface area (Å²) in [6.07, 6.45) is 2.57. The molecule has 0 radical (unpaired) electrons. The molecule has 3 aromatic rings. The fourth-order valence-corrected chi connectivity index (χ4v) is 3.14. The summed E-state index contributed by atoms with van der Waals surface area (Å²) in [5, 5.41) is 9.33. The molecule has 1 saturated heterocycles. The van der Waals surface area contributed by atoms with Gasteiger partial charge < -0.3 is 10.6 Å². The minimum absolute atomic E-state index is 0.0477. The number of pyridine rings is 1. The number of likely N-dealkylation sites (tertiary alicyclic amines) is 1. The maximum Gasteiger partial charge on any atom is 0.276 e. The Balaban J connectivity index is 1.75. The van der Waals surface area contributed by atoms with E-state index in [9.17, 15) is 4.79 Å². The monoisotopic (exact) mass is 322 g/mol. The molecule has 3 heterocycles.